The maximum Gasteiger partial charge on any atom is 0.312 e. The molecule has 0 radical (unpaired) electrons. The molecule has 2 amide bonds. The number of aliphatic hydroxyl groups is 1. The van der Waals surface area contributed by atoms with Crippen LogP contribution in [0.2, 0.25) is 0 Å². The molecule has 0 aromatic heterocycles. The van der Waals surface area contributed by atoms with Gasteiger partial charge in [-0.3, -0.25) is 14.4 Å². The summed E-state index contributed by atoms with van der Waals surface area (Å²) in [5, 5.41) is 9.88. The minimum Gasteiger partial charge on any atom is -0.465 e. The first-order valence-corrected chi connectivity index (χ1v) is 11.9. The summed E-state index contributed by atoms with van der Waals surface area (Å²) in [6.45, 7) is 4.82. The number of fused-ring (bicyclic) bond motifs is 2. The van der Waals surface area contributed by atoms with Crippen LogP contribution in [-0.4, -0.2) is 82.8 Å². The van der Waals surface area contributed by atoms with Crippen LogP contribution in [0, 0.1) is 11.8 Å². The summed E-state index contributed by atoms with van der Waals surface area (Å²) < 4.78 is 12.0. The number of unbranched alkanes of at least 4 members (excludes halogenated alkanes) is 1. The maximum absolute atomic E-state index is 13.8. The van der Waals surface area contributed by atoms with E-state index in [1.807, 2.05) is 24.3 Å². The number of hydrogen-bond acceptors (Lipinski definition) is 6. The lowest BCUT2D eigenvalue weighted by atomic mass is 9.78. The fourth-order valence-electron chi connectivity index (χ4n) is 5.51. The molecule has 2 fully saturated rings. The monoisotopic (exact) mass is 446 g/mol. The molecule has 4 aliphatic rings. The zero-order valence-electron chi connectivity index (χ0n) is 18.9. The Morgan fingerprint density at radius 1 is 1.22 bits per heavy atom. The molecule has 0 saturated carbocycles. The van der Waals surface area contributed by atoms with Gasteiger partial charge in [-0.05, 0) is 32.6 Å². The van der Waals surface area contributed by atoms with E-state index in [4.69, 9.17) is 9.47 Å². The third-order valence-electron chi connectivity index (χ3n) is 7.14. The van der Waals surface area contributed by atoms with Crippen molar-refractivity contribution in [3.05, 3.63) is 24.3 Å². The third-order valence-corrected chi connectivity index (χ3v) is 7.14. The number of hydrogen-bond donors (Lipinski definition) is 1. The highest BCUT2D eigenvalue weighted by Crippen LogP contribution is 2.53. The number of carbonyl (C=O) groups is 3. The van der Waals surface area contributed by atoms with Crippen LogP contribution in [0.15, 0.2) is 24.3 Å². The summed E-state index contributed by atoms with van der Waals surface area (Å²) in [5.74, 6) is -2.67. The maximum atomic E-state index is 13.8. The molecule has 0 aliphatic carbocycles. The smallest absolute Gasteiger partial charge is 0.312 e. The molecule has 0 aromatic carbocycles. The van der Waals surface area contributed by atoms with E-state index in [0.29, 0.717) is 19.7 Å². The molecule has 4 rings (SSSR count). The van der Waals surface area contributed by atoms with Gasteiger partial charge in [-0.2, -0.15) is 0 Å². The summed E-state index contributed by atoms with van der Waals surface area (Å²) in [4.78, 5) is 43.9. The zero-order valence-corrected chi connectivity index (χ0v) is 18.9. The number of allylic oxidation sites excluding steroid dienone is 1. The van der Waals surface area contributed by atoms with Gasteiger partial charge in [0.25, 0.3) is 0 Å². The second-order valence-electron chi connectivity index (χ2n) is 9.25. The second-order valence-corrected chi connectivity index (χ2v) is 9.25. The van der Waals surface area contributed by atoms with Gasteiger partial charge in [0.1, 0.15) is 17.6 Å². The van der Waals surface area contributed by atoms with Crippen LogP contribution in [0.25, 0.3) is 0 Å². The lowest BCUT2D eigenvalue weighted by molar-refractivity contribution is -0.156. The average molecular weight is 447 g/mol. The summed E-state index contributed by atoms with van der Waals surface area (Å²) in [5.41, 5.74) is -1.26. The molecule has 0 bridgehead atoms. The molecular weight excluding hydrogens is 412 g/mol. The molecule has 8 nitrogen and oxygen atoms in total. The Hall–Kier alpha value is -2.19. The van der Waals surface area contributed by atoms with Crippen LogP contribution >= 0.6 is 0 Å². The van der Waals surface area contributed by atoms with Crippen LogP contribution < -0.4 is 0 Å². The van der Waals surface area contributed by atoms with Crippen LogP contribution in [-0.2, 0) is 23.9 Å². The van der Waals surface area contributed by atoms with Gasteiger partial charge < -0.3 is 24.4 Å². The first-order chi connectivity index (χ1) is 15.5. The van der Waals surface area contributed by atoms with Gasteiger partial charge in [-0.15, -0.1) is 0 Å². The second kappa shape index (κ2) is 9.35. The van der Waals surface area contributed by atoms with Crippen molar-refractivity contribution in [2.45, 2.75) is 69.7 Å². The number of amides is 2. The van der Waals surface area contributed by atoms with E-state index in [1.165, 1.54) is 4.90 Å². The molecule has 0 aromatic rings. The predicted molar refractivity (Wildman–Crippen MR) is 116 cm³/mol. The zero-order chi connectivity index (χ0) is 22.9. The van der Waals surface area contributed by atoms with Gasteiger partial charge in [-0.25, -0.2) is 0 Å². The number of nitrogens with zero attached hydrogens (tertiary/aromatic N) is 2. The van der Waals surface area contributed by atoms with E-state index in [-0.39, 0.29) is 18.4 Å². The molecule has 176 valence electrons. The fraction of sp³-hybridized carbons (Fsp3) is 0.708. The molecule has 1 spiro atoms. The molecule has 1 N–H and O–H groups in total. The standard InChI is InChI=1S/C24H34N2O6/c1-3-4-12-25-13-9-11-24-19(21(28)26(16(2)15-27)20(24)22(25)29)18-17(32-24)10-7-5-6-8-14-31-23(18)30/h7,9-11,16-20,27H,3-6,8,12-15H2,1-2H3/b10-7-/t16-,17+,18-,19+,20?,24+/m1/s1. The van der Waals surface area contributed by atoms with Crippen LogP contribution in [0.4, 0.5) is 0 Å². The highest BCUT2D eigenvalue weighted by Gasteiger charge is 2.72. The lowest BCUT2D eigenvalue weighted by Gasteiger charge is -2.37. The summed E-state index contributed by atoms with van der Waals surface area (Å²) in [6, 6.07) is -1.50. The van der Waals surface area contributed by atoms with Gasteiger partial charge in [0.15, 0.2) is 0 Å². The quantitative estimate of drug-likeness (QED) is 0.507. The van der Waals surface area contributed by atoms with E-state index in [2.05, 4.69) is 6.92 Å². The van der Waals surface area contributed by atoms with Crippen LogP contribution in [0.1, 0.15) is 46.0 Å². The Kier molecular flexibility index (Phi) is 6.72. The average Bonchev–Trinajstić information content (AvgIpc) is 3.18. The van der Waals surface area contributed by atoms with Gasteiger partial charge >= 0.3 is 5.97 Å². The normalized spacial score (nSPS) is 36.8. The number of cyclic esters (lactones) is 1. The number of ether oxygens (including phenoxy) is 2. The topological polar surface area (TPSA) is 96.4 Å². The van der Waals surface area contributed by atoms with Gasteiger partial charge in [0.2, 0.25) is 11.8 Å². The fourth-order valence-corrected chi connectivity index (χ4v) is 5.51. The van der Waals surface area contributed by atoms with E-state index >= 15 is 0 Å². The SMILES string of the molecule is CCCCN1CC=C[C@]23O[C@H]4/C=C\CCCCOC(=O)[C@H]4[C@H]2C(=O)N([C@H](C)CO)C3C1=O. The van der Waals surface area contributed by atoms with Gasteiger partial charge in [0.05, 0.1) is 31.3 Å². The number of likely N-dealkylation sites (tertiary alicyclic amines) is 1. The van der Waals surface area contributed by atoms with Crippen molar-refractivity contribution >= 4 is 17.8 Å². The first-order valence-electron chi connectivity index (χ1n) is 11.9. The third kappa shape index (κ3) is 3.67. The first kappa shape index (κ1) is 23.0. The summed E-state index contributed by atoms with van der Waals surface area (Å²) in [7, 11) is 0. The lowest BCUT2D eigenvalue weighted by Crippen LogP contribution is -2.57. The Balaban J connectivity index is 1.80. The number of rotatable bonds is 5. The Labute approximate surface area is 189 Å². The van der Waals surface area contributed by atoms with Gasteiger partial charge in [-0.1, -0.05) is 37.6 Å². The predicted octanol–water partition coefficient (Wildman–Crippen LogP) is 1.43. The highest BCUT2D eigenvalue weighted by molar-refractivity contribution is 5.99. The Morgan fingerprint density at radius 2 is 2.03 bits per heavy atom. The van der Waals surface area contributed by atoms with Crippen molar-refractivity contribution in [3.8, 4) is 0 Å². The van der Waals surface area contributed by atoms with Crippen molar-refractivity contribution < 1.29 is 29.0 Å². The molecule has 8 heteroatoms. The molecule has 1 unspecified atom stereocenters. The minimum absolute atomic E-state index is 0.194. The van der Waals surface area contributed by atoms with E-state index < -0.39 is 41.6 Å². The van der Waals surface area contributed by atoms with Crippen LogP contribution in [0.5, 0.6) is 0 Å². The summed E-state index contributed by atoms with van der Waals surface area (Å²) >= 11 is 0. The number of aliphatic hydroxyl groups excluding tert-OH is 1. The molecule has 4 heterocycles. The number of esters is 1. The largest absolute Gasteiger partial charge is 0.465 e. The number of carbonyl (C=O) groups excluding carboxylic acids is 3. The van der Waals surface area contributed by atoms with E-state index in [9.17, 15) is 19.5 Å². The Morgan fingerprint density at radius 3 is 2.78 bits per heavy atom. The summed E-state index contributed by atoms with van der Waals surface area (Å²) in [6.07, 6.45) is 11.2. The molecule has 4 aliphatic heterocycles. The van der Waals surface area contributed by atoms with Crippen molar-refractivity contribution in [1.82, 2.24) is 9.80 Å². The Bertz CT molecular complexity index is 810. The minimum atomic E-state index is -1.26. The molecular formula is C24H34N2O6. The van der Waals surface area contributed by atoms with Gasteiger partial charge in [0, 0.05) is 13.1 Å². The van der Waals surface area contributed by atoms with E-state index in [1.54, 1.807) is 11.8 Å². The molecule has 32 heavy (non-hydrogen) atoms. The highest BCUT2D eigenvalue weighted by atomic mass is 16.6. The molecule has 6 atom stereocenters. The van der Waals surface area contributed by atoms with Crippen molar-refractivity contribution in [2.24, 2.45) is 11.8 Å². The van der Waals surface area contributed by atoms with Crippen molar-refractivity contribution in [1.29, 1.82) is 0 Å². The van der Waals surface area contributed by atoms with Crippen molar-refractivity contribution in [3.63, 3.8) is 0 Å². The van der Waals surface area contributed by atoms with Crippen molar-refractivity contribution in [2.75, 3.05) is 26.3 Å². The van der Waals surface area contributed by atoms with Crippen LogP contribution in [0.3, 0.4) is 0 Å². The van der Waals surface area contributed by atoms with E-state index in [0.717, 1.165) is 32.1 Å². The molecule has 2 saturated heterocycles.